The van der Waals surface area contributed by atoms with E-state index >= 15 is 0 Å². The molecule has 0 bridgehead atoms. The summed E-state index contributed by atoms with van der Waals surface area (Å²) in [6.07, 6.45) is 0. The maximum Gasteiger partial charge on any atom is 0.272 e. The summed E-state index contributed by atoms with van der Waals surface area (Å²) in [5, 5.41) is 2.62. The summed E-state index contributed by atoms with van der Waals surface area (Å²) in [7, 11) is 0. The quantitative estimate of drug-likeness (QED) is 0.283. The van der Waals surface area contributed by atoms with E-state index in [2.05, 4.69) is 48.5 Å². The van der Waals surface area contributed by atoms with Gasteiger partial charge in [0.1, 0.15) is 18.8 Å². The van der Waals surface area contributed by atoms with Crippen LogP contribution in [0.1, 0.15) is 11.1 Å². The van der Waals surface area contributed by atoms with Crippen molar-refractivity contribution in [1.82, 2.24) is 9.13 Å². The highest BCUT2D eigenvalue weighted by Crippen LogP contribution is 2.26. The summed E-state index contributed by atoms with van der Waals surface area (Å²) in [4.78, 5) is 51.5. The number of hydrogen-bond donors (Lipinski definition) is 0. The average Bonchev–Trinajstić information content (AvgIpc) is 3.37. The molecule has 7 rings (SSSR count). The van der Waals surface area contributed by atoms with E-state index in [4.69, 9.17) is 0 Å². The van der Waals surface area contributed by atoms with E-state index in [1.54, 1.807) is 0 Å². The van der Waals surface area contributed by atoms with Gasteiger partial charge in [-0.25, -0.2) is 0 Å². The molecule has 0 aliphatic carbocycles. The lowest BCUT2D eigenvalue weighted by atomic mass is 10.1. The fourth-order valence-corrected chi connectivity index (χ4v) is 7.00. The molecule has 6 nitrogen and oxygen atoms in total. The van der Waals surface area contributed by atoms with Gasteiger partial charge in [0.05, 0.1) is 13.1 Å². The van der Waals surface area contributed by atoms with Gasteiger partial charge in [-0.15, -0.1) is 22.7 Å². The van der Waals surface area contributed by atoms with Crippen molar-refractivity contribution in [3.63, 3.8) is 0 Å². The van der Waals surface area contributed by atoms with Crippen LogP contribution in [0.4, 0.5) is 0 Å². The topological polar surface area (TPSA) is 78.1 Å². The fraction of sp³-hybridized carbons (Fsp3) is 0.0625. The molecule has 0 unspecified atom stereocenters. The molecule has 0 radical (unpaired) electrons. The second kappa shape index (κ2) is 10.8. The Morgan fingerprint density at radius 2 is 0.675 bits per heavy atom. The summed E-state index contributed by atoms with van der Waals surface area (Å²) in [5.74, 6) is 0. The molecule has 40 heavy (non-hydrogen) atoms. The lowest BCUT2D eigenvalue weighted by Gasteiger charge is -2.00. The van der Waals surface area contributed by atoms with E-state index < -0.39 is 22.2 Å². The third kappa shape index (κ3) is 4.79. The van der Waals surface area contributed by atoms with Crippen LogP contribution < -0.4 is 22.2 Å². The van der Waals surface area contributed by atoms with Gasteiger partial charge in [0.15, 0.2) is 0 Å². The highest BCUT2D eigenvalue weighted by atomic mass is 32.1. The van der Waals surface area contributed by atoms with Gasteiger partial charge in [0.2, 0.25) is 0 Å². The van der Waals surface area contributed by atoms with E-state index in [9.17, 15) is 19.2 Å². The normalized spacial score (nSPS) is 11.1. The molecule has 0 aliphatic rings. The number of benzene rings is 4. The summed E-state index contributed by atoms with van der Waals surface area (Å²) in [5.41, 5.74) is -0.0462. The molecule has 0 fully saturated rings. The van der Waals surface area contributed by atoms with Crippen molar-refractivity contribution in [3.05, 3.63) is 162 Å². The Morgan fingerprint density at radius 1 is 0.400 bits per heavy atom. The minimum absolute atomic E-state index is 0.152. The van der Waals surface area contributed by atoms with E-state index in [-0.39, 0.29) is 31.9 Å². The second-order valence-electron chi connectivity index (χ2n) is 9.23. The molecule has 0 N–H and O–H groups in total. The zero-order chi connectivity index (χ0) is 27.6. The van der Waals surface area contributed by atoms with Crippen LogP contribution in [0.25, 0.3) is 29.6 Å². The molecular formula is C32H22N2O4S2. The van der Waals surface area contributed by atoms with Crippen LogP contribution in [0, 0.1) is 0 Å². The standard InChI is InChI=1S/C22H14N2O4S2.C10H8/c25-19-15-16(20(26)23(19)11-13-7-3-1-4-8-13)30-18-17(29-15)21(27)24(22(18)28)12-14-9-5-2-6-10-14;1-2-6-10-8-4-3-7-9(10)5-1/h1-10H,11-12H2;1-8H. The molecule has 8 heteroatoms. The molecule has 3 heterocycles. The van der Waals surface area contributed by atoms with Gasteiger partial charge < -0.3 is 0 Å². The Kier molecular flexibility index (Phi) is 6.94. The lowest BCUT2D eigenvalue weighted by Crippen LogP contribution is -2.26. The van der Waals surface area contributed by atoms with Crippen LogP contribution in [0.15, 0.2) is 128 Å². The Balaban J connectivity index is 0.000000242. The Hall–Kier alpha value is -4.66. The van der Waals surface area contributed by atoms with E-state index in [1.165, 1.54) is 19.9 Å². The molecule has 0 amide bonds. The maximum absolute atomic E-state index is 12.9. The number of rotatable bonds is 4. The van der Waals surface area contributed by atoms with Gasteiger partial charge in [-0.05, 0) is 21.9 Å². The first-order valence-electron chi connectivity index (χ1n) is 12.6. The van der Waals surface area contributed by atoms with Crippen molar-refractivity contribution in [1.29, 1.82) is 0 Å². The maximum atomic E-state index is 12.9. The van der Waals surface area contributed by atoms with Crippen LogP contribution in [-0.2, 0) is 13.1 Å². The zero-order valence-electron chi connectivity index (χ0n) is 21.2. The summed E-state index contributed by atoms with van der Waals surface area (Å²) < 4.78 is 3.23. The van der Waals surface area contributed by atoms with E-state index in [0.29, 0.717) is 0 Å². The number of hydrogen-bond acceptors (Lipinski definition) is 6. The zero-order valence-corrected chi connectivity index (χ0v) is 22.8. The largest absolute Gasteiger partial charge is 0.272 e. The van der Waals surface area contributed by atoms with Gasteiger partial charge in [-0.2, -0.15) is 0 Å². The Morgan fingerprint density at radius 3 is 0.975 bits per heavy atom. The molecule has 0 saturated carbocycles. The minimum Gasteiger partial charge on any atom is -0.268 e. The van der Waals surface area contributed by atoms with Crippen molar-refractivity contribution in [3.8, 4) is 0 Å². The molecule has 196 valence electrons. The summed E-state index contributed by atoms with van der Waals surface area (Å²) in [6, 6.07) is 35.1. The molecule has 7 aromatic rings. The number of aromatic nitrogens is 2. The number of nitrogens with zero attached hydrogens (tertiary/aromatic N) is 2. The van der Waals surface area contributed by atoms with Crippen molar-refractivity contribution < 1.29 is 0 Å². The van der Waals surface area contributed by atoms with Crippen LogP contribution in [0.5, 0.6) is 0 Å². The Bertz CT molecular complexity index is 1930. The summed E-state index contributed by atoms with van der Waals surface area (Å²) in [6.45, 7) is 0.304. The Labute approximate surface area is 235 Å². The highest BCUT2D eigenvalue weighted by molar-refractivity contribution is 7.36. The van der Waals surface area contributed by atoms with Crippen molar-refractivity contribution in [2.45, 2.75) is 13.1 Å². The van der Waals surface area contributed by atoms with E-state index in [0.717, 1.165) is 33.8 Å². The van der Waals surface area contributed by atoms with Gasteiger partial charge in [-0.3, -0.25) is 28.3 Å². The van der Waals surface area contributed by atoms with Crippen LogP contribution in [0.2, 0.25) is 0 Å². The predicted molar refractivity (Wildman–Crippen MR) is 164 cm³/mol. The lowest BCUT2D eigenvalue weighted by molar-refractivity contribution is 0.755. The van der Waals surface area contributed by atoms with Crippen molar-refractivity contribution >= 4 is 52.2 Å². The minimum atomic E-state index is -0.426. The van der Waals surface area contributed by atoms with Crippen molar-refractivity contribution in [2.75, 3.05) is 0 Å². The van der Waals surface area contributed by atoms with Crippen molar-refractivity contribution in [2.24, 2.45) is 0 Å². The third-order valence-electron chi connectivity index (χ3n) is 6.60. The first-order chi connectivity index (χ1) is 19.5. The molecule has 3 aromatic heterocycles. The smallest absolute Gasteiger partial charge is 0.268 e. The third-order valence-corrected chi connectivity index (χ3v) is 9.19. The van der Waals surface area contributed by atoms with Gasteiger partial charge in [-0.1, -0.05) is 109 Å². The molecule has 4 aromatic carbocycles. The predicted octanol–water partition coefficient (Wildman–Crippen LogP) is 5.53. The molecular weight excluding hydrogens is 540 g/mol. The first kappa shape index (κ1) is 25.6. The molecule has 0 spiro atoms. The first-order valence-corrected chi connectivity index (χ1v) is 14.2. The SMILES string of the molecule is O=c1c2sc3c(=O)n(Cc4ccccc4)c(=O)c3sc2c(=O)n1Cc1ccccc1.c1ccc2ccccc2c1. The summed E-state index contributed by atoms with van der Waals surface area (Å²) >= 11 is 1.88. The van der Waals surface area contributed by atoms with Gasteiger partial charge >= 0.3 is 0 Å². The molecule has 0 aliphatic heterocycles. The van der Waals surface area contributed by atoms with Crippen LogP contribution in [-0.4, -0.2) is 9.13 Å². The molecule has 0 saturated heterocycles. The highest BCUT2D eigenvalue weighted by Gasteiger charge is 2.21. The number of fused-ring (bicyclic) bond motifs is 3. The van der Waals surface area contributed by atoms with E-state index in [1.807, 2.05) is 60.7 Å². The van der Waals surface area contributed by atoms with Gasteiger partial charge in [0.25, 0.3) is 22.2 Å². The fourth-order valence-electron chi connectivity index (χ4n) is 4.58. The monoisotopic (exact) mass is 562 g/mol. The van der Waals surface area contributed by atoms with Crippen LogP contribution in [0.3, 0.4) is 0 Å². The second-order valence-corrected chi connectivity index (χ2v) is 11.3. The van der Waals surface area contributed by atoms with Crippen LogP contribution >= 0.6 is 22.7 Å². The molecule has 0 atom stereocenters. The van der Waals surface area contributed by atoms with Gasteiger partial charge in [0, 0.05) is 0 Å². The average molecular weight is 563 g/mol.